The van der Waals surface area contributed by atoms with Gasteiger partial charge in [0.05, 0.1) is 0 Å². The summed E-state index contributed by atoms with van der Waals surface area (Å²) in [5.41, 5.74) is 1.33. The van der Waals surface area contributed by atoms with Crippen molar-refractivity contribution in [3.63, 3.8) is 0 Å². The van der Waals surface area contributed by atoms with E-state index in [-0.39, 0.29) is 0 Å². The highest BCUT2D eigenvalue weighted by molar-refractivity contribution is 5.44. The maximum Gasteiger partial charge on any atom is 0.231 e. The van der Waals surface area contributed by atoms with E-state index < -0.39 is 0 Å². The quantitative estimate of drug-likeness (QED) is 0.823. The van der Waals surface area contributed by atoms with E-state index in [1.54, 1.807) is 0 Å². The van der Waals surface area contributed by atoms with Crippen LogP contribution in [0.4, 0.5) is 0 Å². The Balaban J connectivity index is 1.38. The van der Waals surface area contributed by atoms with E-state index in [4.69, 9.17) is 9.47 Å². The van der Waals surface area contributed by atoms with E-state index in [1.165, 1.54) is 38.0 Å². The molecule has 0 spiro atoms. The summed E-state index contributed by atoms with van der Waals surface area (Å²) in [6.45, 7) is 6.20. The molecule has 126 valence electrons. The van der Waals surface area contributed by atoms with Crippen LogP contribution in [0.2, 0.25) is 0 Å². The second kappa shape index (κ2) is 6.30. The third-order valence-corrected chi connectivity index (χ3v) is 5.46. The van der Waals surface area contributed by atoms with Crippen molar-refractivity contribution in [2.45, 2.75) is 31.5 Å². The standard InChI is InChI=1S/C18H27N3O2/c1-19(2)9-10-20-7-5-16-15(20)6-8-21(16)12-14-3-4-17-18(11-14)23-13-22-17/h3-4,11,15-16H,5-10,12-13H2,1-2H3/t15-,16-/m0/s1. The van der Waals surface area contributed by atoms with Crippen molar-refractivity contribution >= 4 is 0 Å². The van der Waals surface area contributed by atoms with E-state index in [2.05, 4.69) is 40.9 Å². The lowest BCUT2D eigenvalue weighted by molar-refractivity contribution is 0.174. The minimum absolute atomic E-state index is 0.355. The smallest absolute Gasteiger partial charge is 0.231 e. The van der Waals surface area contributed by atoms with Crippen molar-refractivity contribution in [3.05, 3.63) is 23.8 Å². The maximum atomic E-state index is 5.51. The van der Waals surface area contributed by atoms with Crippen molar-refractivity contribution in [1.29, 1.82) is 0 Å². The molecule has 1 aromatic rings. The number of hydrogen-bond acceptors (Lipinski definition) is 5. The van der Waals surface area contributed by atoms with Gasteiger partial charge in [0.15, 0.2) is 11.5 Å². The molecule has 23 heavy (non-hydrogen) atoms. The molecule has 3 aliphatic rings. The molecule has 2 saturated heterocycles. The second-order valence-electron chi connectivity index (χ2n) is 7.21. The first-order valence-electron chi connectivity index (χ1n) is 8.72. The van der Waals surface area contributed by atoms with Gasteiger partial charge in [-0.15, -0.1) is 0 Å². The molecule has 4 rings (SSSR count). The van der Waals surface area contributed by atoms with Crippen LogP contribution >= 0.6 is 0 Å². The maximum absolute atomic E-state index is 5.51. The molecule has 0 aliphatic carbocycles. The minimum Gasteiger partial charge on any atom is -0.454 e. The Labute approximate surface area is 138 Å². The Morgan fingerprint density at radius 3 is 2.61 bits per heavy atom. The fourth-order valence-corrected chi connectivity index (χ4v) is 4.24. The van der Waals surface area contributed by atoms with Crippen LogP contribution in [0.3, 0.4) is 0 Å². The zero-order valence-electron chi connectivity index (χ0n) is 14.2. The Morgan fingerprint density at radius 1 is 1.04 bits per heavy atom. The number of benzene rings is 1. The molecule has 2 fully saturated rings. The number of ether oxygens (including phenoxy) is 2. The molecule has 0 radical (unpaired) electrons. The van der Waals surface area contributed by atoms with Gasteiger partial charge in [-0.25, -0.2) is 0 Å². The van der Waals surface area contributed by atoms with E-state index >= 15 is 0 Å². The Morgan fingerprint density at radius 2 is 1.78 bits per heavy atom. The summed E-state index contributed by atoms with van der Waals surface area (Å²) in [6.07, 6.45) is 2.62. The van der Waals surface area contributed by atoms with Crippen LogP contribution in [0.25, 0.3) is 0 Å². The number of nitrogens with zero attached hydrogens (tertiary/aromatic N) is 3. The Kier molecular flexibility index (Phi) is 4.18. The minimum atomic E-state index is 0.355. The lowest BCUT2D eigenvalue weighted by Crippen LogP contribution is -2.39. The lowest BCUT2D eigenvalue weighted by Gasteiger charge is -2.26. The monoisotopic (exact) mass is 317 g/mol. The molecule has 2 atom stereocenters. The number of likely N-dealkylation sites (N-methyl/N-ethyl adjacent to an activating group) is 1. The summed E-state index contributed by atoms with van der Waals surface area (Å²) in [4.78, 5) is 7.65. The van der Waals surface area contributed by atoms with Gasteiger partial charge >= 0.3 is 0 Å². The molecule has 3 aliphatic heterocycles. The third-order valence-electron chi connectivity index (χ3n) is 5.46. The zero-order valence-corrected chi connectivity index (χ0v) is 14.2. The van der Waals surface area contributed by atoms with Crippen LogP contribution in [0.15, 0.2) is 18.2 Å². The molecule has 5 heteroatoms. The predicted octanol–water partition coefficient (Wildman–Crippen LogP) is 1.63. The number of likely N-dealkylation sites (tertiary alicyclic amines) is 2. The topological polar surface area (TPSA) is 28.2 Å². The van der Waals surface area contributed by atoms with Gasteiger partial charge < -0.3 is 14.4 Å². The number of rotatable bonds is 5. The first-order chi connectivity index (χ1) is 11.2. The molecule has 0 aromatic heterocycles. The molecule has 0 amide bonds. The van der Waals surface area contributed by atoms with Gasteiger partial charge in [0.25, 0.3) is 0 Å². The van der Waals surface area contributed by atoms with Gasteiger partial charge in [0, 0.05) is 44.8 Å². The van der Waals surface area contributed by atoms with Crippen molar-refractivity contribution in [2.24, 2.45) is 0 Å². The molecule has 0 bridgehead atoms. The van der Waals surface area contributed by atoms with Gasteiger partial charge in [-0.3, -0.25) is 9.80 Å². The molecular weight excluding hydrogens is 290 g/mol. The van der Waals surface area contributed by atoms with Crippen LogP contribution in [0.5, 0.6) is 11.5 Å². The summed E-state index contributed by atoms with van der Waals surface area (Å²) in [6, 6.07) is 7.85. The van der Waals surface area contributed by atoms with Gasteiger partial charge in [-0.2, -0.15) is 0 Å². The van der Waals surface area contributed by atoms with Crippen LogP contribution in [0.1, 0.15) is 18.4 Å². The number of hydrogen-bond donors (Lipinski definition) is 0. The van der Waals surface area contributed by atoms with Gasteiger partial charge in [-0.05, 0) is 44.6 Å². The summed E-state index contributed by atoms with van der Waals surface area (Å²) in [5, 5.41) is 0. The van der Waals surface area contributed by atoms with Crippen LogP contribution in [-0.4, -0.2) is 73.9 Å². The highest BCUT2D eigenvalue weighted by Gasteiger charge is 2.41. The zero-order chi connectivity index (χ0) is 15.8. The fourth-order valence-electron chi connectivity index (χ4n) is 4.24. The summed E-state index contributed by atoms with van der Waals surface area (Å²) in [5.74, 6) is 1.78. The molecule has 5 nitrogen and oxygen atoms in total. The largest absolute Gasteiger partial charge is 0.454 e. The van der Waals surface area contributed by atoms with E-state index in [1.807, 2.05) is 6.07 Å². The Bertz CT molecular complexity index is 563. The molecule has 0 saturated carbocycles. The SMILES string of the molecule is CN(C)CCN1CC[C@H]2[C@@H]1CCN2Cc1ccc2c(c1)OCO2. The first-order valence-corrected chi connectivity index (χ1v) is 8.72. The van der Waals surface area contributed by atoms with Crippen molar-refractivity contribution in [3.8, 4) is 11.5 Å². The summed E-state index contributed by atoms with van der Waals surface area (Å²) >= 11 is 0. The molecule has 1 aromatic carbocycles. The van der Waals surface area contributed by atoms with Crippen LogP contribution < -0.4 is 9.47 Å². The van der Waals surface area contributed by atoms with Gasteiger partial charge in [-0.1, -0.05) is 6.07 Å². The fraction of sp³-hybridized carbons (Fsp3) is 0.667. The van der Waals surface area contributed by atoms with E-state index in [0.717, 1.165) is 36.7 Å². The van der Waals surface area contributed by atoms with Crippen molar-refractivity contribution < 1.29 is 9.47 Å². The molecule has 0 N–H and O–H groups in total. The second-order valence-corrected chi connectivity index (χ2v) is 7.21. The highest BCUT2D eigenvalue weighted by atomic mass is 16.7. The van der Waals surface area contributed by atoms with Crippen molar-refractivity contribution in [1.82, 2.24) is 14.7 Å². The van der Waals surface area contributed by atoms with Crippen LogP contribution in [0, 0.1) is 0 Å². The highest BCUT2D eigenvalue weighted by Crippen LogP contribution is 2.35. The first kappa shape index (κ1) is 15.2. The third kappa shape index (κ3) is 3.05. The Hall–Kier alpha value is -1.30. The predicted molar refractivity (Wildman–Crippen MR) is 89.9 cm³/mol. The molecular formula is C18H27N3O2. The van der Waals surface area contributed by atoms with Crippen molar-refractivity contribution in [2.75, 3.05) is 47.1 Å². The molecule has 0 unspecified atom stereocenters. The summed E-state index contributed by atoms with van der Waals surface area (Å²) < 4.78 is 10.9. The van der Waals surface area contributed by atoms with Gasteiger partial charge in [0.2, 0.25) is 6.79 Å². The normalized spacial score (nSPS) is 27.1. The van der Waals surface area contributed by atoms with Crippen LogP contribution in [-0.2, 0) is 6.54 Å². The molecule has 3 heterocycles. The average molecular weight is 317 g/mol. The lowest BCUT2D eigenvalue weighted by atomic mass is 10.1. The average Bonchev–Trinajstić information content (AvgIpc) is 3.22. The number of fused-ring (bicyclic) bond motifs is 2. The van der Waals surface area contributed by atoms with Gasteiger partial charge in [0.1, 0.15) is 0 Å². The van der Waals surface area contributed by atoms with E-state index in [9.17, 15) is 0 Å². The van der Waals surface area contributed by atoms with E-state index in [0.29, 0.717) is 6.79 Å². The summed E-state index contributed by atoms with van der Waals surface area (Å²) in [7, 11) is 4.32.